The number of aryl methyl sites for hydroxylation is 2. The molecular formula is C16H22N4O. The number of nitrogens with two attached hydrogens (primary N) is 1. The van der Waals surface area contributed by atoms with Crippen LogP contribution in [0.1, 0.15) is 36.1 Å². The molecule has 0 radical (unpaired) electrons. The Hall–Kier alpha value is -2.30. The zero-order chi connectivity index (χ0) is 15.2. The molecule has 1 amide bonds. The summed E-state index contributed by atoms with van der Waals surface area (Å²) in [7, 11) is 0. The van der Waals surface area contributed by atoms with Crippen molar-refractivity contribution in [2.75, 3.05) is 12.3 Å². The molecule has 0 saturated carbocycles. The molecule has 112 valence electrons. The number of nitrogens with one attached hydrogen (secondary N) is 2. The predicted molar refractivity (Wildman–Crippen MR) is 83.9 cm³/mol. The van der Waals surface area contributed by atoms with Gasteiger partial charge in [0.1, 0.15) is 0 Å². The van der Waals surface area contributed by atoms with Crippen LogP contribution in [0.25, 0.3) is 0 Å². The van der Waals surface area contributed by atoms with Crippen LogP contribution in [-0.2, 0) is 11.2 Å². The van der Waals surface area contributed by atoms with Gasteiger partial charge in [-0.3, -0.25) is 9.89 Å². The first-order valence-corrected chi connectivity index (χ1v) is 7.20. The van der Waals surface area contributed by atoms with Crippen LogP contribution in [0.5, 0.6) is 0 Å². The highest BCUT2D eigenvalue weighted by Gasteiger charge is 2.14. The van der Waals surface area contributed by atoms with Crippen molar-refractivity contribution in [2.24, 2.45) is 0 Å². The Bertz CT molecular complexity index is 606. The molecule has 0 aliphatic heterocycles. The zero-order valence-electron chi connectivity index (χ0n) is 12.5. The van der Waals surface area contributed by atoms with Gasteiger partial charge in [-0.15, -0.1) is 0 Å². The van der Waals surface area contributed by atoms with Gasteiger partial charge in [-0.05, 0) is 49.9 Å². The minimum absolute atomic E-state index is 0.0320. The van der Waals surface area contributed by atoms with E-state index in [0.717, 1.165) is 24.1 Å². The van der Waals surface area contributed by atoms with E-state index in [9.17, 15) is 4.79 Å². The summed E-state index contributed by atoms with van der Waals surface area (Å²) in [6, 6.07) is 7.46. The molecule has 5 heteroatoms. The molecule has 0 aliphatic carbocycles. The third-order valence-corrected chi connectivity index (χ3v) is 3.66. The Morgan fingerprint density at radius 1 is 1.48 bits per heavy atom. The van der Waals surface area contributed by atoms with Crippen molar-refractivity contribution in [1.29, 1.82) is 0 Å². The van der Waals surface area contributed by atoms with Crippen molar-refractivity contribution in [3.05, 3.63) is 47.3 Å². The van der Waals surface area contributed by atoms with Gasteiger partial charge in [0.25, 0.3) is 0 Å². The Balaban J connectivity index is 1.78. The van der Waals surface area contributed by atoms with Gasteiger partial charge in [0.05, 0.1) is 12.1 Å². The molecule has 1 aromatic carbocycles. The second-order valence-electron chi connectivity index (χ2n) is 5.31. The van der Waals surface area contributed by atoms with E-state index in [1.807, 2.05) is 44.3 Å². The van der Waals surface area contributed by atoms with Crippen LogP contribution in [-0.4, -0.2) is 22.6 Å². The van der Waals surface area contributed by atoms with E-state index in [4.69, 9.17) is 5.73 Å². The molecule has 0 bridgehead atoms. The molecule has 1 heterocycles. The smallest absolute Gasteiger partial charge is 0.227 e. The Morgan fingerprint density at radius 2 is 2.29 bits per heavy atom. The number of anilines is 1. The number of amides is 1. The maximum absolute atomic E-state index is 12.1. The number of benzene rings is 1. The Labute approximate surface area is 124 Å². The number of H-pyrrole nitrogens is 1. The summed E-state index contributed by atoms with van der Waals surface area (Å²) in [6.07, 6.45) is 3.65. The van der Waals surface area contributed by atoms with E-state index in [2.05, 4.69) is 15.5 Å². The largest absolute Gasteiger partial charge is 0.399 e. The van der Waals surface area contributed by atoms with Gasteiger partial charge in [-0.1, -0.05) is 12.1 Å². The highest BCUT2D eigenvalue weighted by Crippen LogP contribution is 2.17. The average molecular weight is 286 g/mol. The lowest BCUT2D eigenvalue weighted by atomic mass is 10.00. The van der Waals surface area contributed by atoms with Crippen LogP contribution < -0.4 is 11.1 Å². The second kappa shape index (κ2) is 6.92. The Morgan fingerprint density at radius 3 is 2.95 bits per heavy atom. The topological polar surface area (TPSA) is 83.8 Å². The second-order valence-corrected chi connectivity index (χ2v) is 5.31. The van der Waals surface area contributed by atoms with Crippen LogP contribution in [0.3, 0.4) is 0 Å². The van der Waals surface area contributed by atoms with Gasteiger partial charge < -0.3 is 11.1 Å². The molecule has 2 rings (SSSR count). The quantitative estimate of drug-likeness (QED) is 0.562. The van der Waals surface area contributed by atoms with Gasteiger partial charge in [0, 0.05) is 17.9 Å². The summed E-state index contributed by atoms with van der Waals surface area (Å²) in [5.41, 5.74) is 9.67. The number of hydrogen-bond donors (Lipinski definition) is 3. The maximum atomic E-state index is 12.1. The molecule has 1 atom stereocenters. The molecule has 0 spiro atoms. The number of nitrogen functional groups attached to an aromatic ring is 1. The fourth-order valence-electron chi connectivity index (χ4n) is 2.25. The first-order chi connectivity index (χ1) is 10.1. The number of carbonyl (C=O) groups excluding carboxylic acids is 1. The summed E-state index contributed by atoms with van der Waals surface area (Å²) < 4.78 is 0. The van der Waals surface area contributed by atoms with Crippen LogP contribution in [0.4, 0.5) is 5.69 Å². The lowest BCUT2D eigenvalue weighted by molar-refractivity contribution is -0.122. The molecule has 2 aromatic rings. The molecule has 0 saturated heterocycles. The van der Waals surface area contributed by atoms with Crippen molar-refractivity contribution in [1.82, 2.24) is 15.5 Å². The number of nitrogens with zero attached hydrogens (tertiary/aromatic N) is 1. The highest BCUT2D eigenvalue weighted by atomic mass is 16.1. The molecule has 0 aliphatic rings. The van der Waals surface area contributed by atoms with E-state index < -0.39 is 0 Å². The molecule has 5 nitrogen and oxygen atoms in total. The first kappa shape index (κ1) is 15.1. The van der Waals surface area contributed by atoms with Gasteiger partial charge in [0.15, 0.2) is 0 Å². The number of hydrogen-bond acceptors (Lipinski definition) is 3. The summed E-state index contributed by atoms with van der Waals surface area (Å²) in [5, 5.41) is 9.87. The van der Waals surface area contributed by atoms with Crippen LogP contribution in [0.2, 0.25) is 0 Å². The van der Waals surface area contributed by atoms with E-state index in [-0.39, 0.29) is 11.8 Å². The third kappa shape index (κ3) is 4.08. The van der Waals surface area contributed by atoms with Crippen molar-refractivity contribution in [3.63, 3.8) is 0 Å². The number of carbonyl (C=O) groups is 1. The molecule has 4 N–H and O–H groups in total. The lowest BCUT2D eigenvalue weighted by Gasteiger charge is -2.13. The number of aromatic amines is 1. The fourth-order valence-corrected chi connectivity index (χ4v) is 2.25. The minimum Gasteiger partial charge on any atom is -0.399 e. The summed E-state index contributed by atoms with van der Waals surface area (Å²) in [5.74, 6) is -0.159. The van der Waals surface area contributed by atoms with Crippen LogP contribution >= 0.6 is 0 Å². The molecule has 0 fully saturated rings. The number of rotatable bonds is 6. The highest BCUT2D eigenvalue weighted by molar-refractivity contribution is 5.83. The zero-order valence-corrected chi connectivity index (χ0v) is 12.5. The van der Waals surface area contributed by atoms with Crippen LogP contribution in [0.15, 0.2) is 30.5 Å². The van der Waals surface area contributed by atoms with Gasteiger partial charge in [-0.2, -0.15) is 5.10 Å². The molecular weight excluding hydrogens is 264 g/mol. The van der Waals surface area contributed by atoms with E-state index in [1.165, 1.54) is 5.56 Å². The van der Waals surface area contributed by atoms with Gasteiger partial charge in [-0.25, -0.2) is 0 Å². The third-order valence-electron chi connectivity index (χ3n) is 3.66. The summed E-state index contributed by atoms with van der Waals surface area (Å²) in [6.45, 7) is 4.56. The van der Waals surface area contributed by atoms with E-state index in [0.29, 0.717) is 12.2 Å². The minimum atomic E-state index is -0.191. The standard InChI is InChI=1S/C16H22N4O/c1-11(13-5-3-7-15(17)9-13)16(21)18-8-4-6-14-10-19-20-12(14)2/h3,5,7,9-11H,4,6,8,17H2,1-2H3,(H,18,21)(H,19,20). The average Bonchev–Trinajstić information content (AvgIpc) is 2.88. The molecule has 21 heavy (non-hydrogen) atoms. The lowest BCUT2D eigenvalue weighted by Crippen LogP contribution is -2.29. The summed E-state index contributed by atoms with van der Waals surface area (Å²) in [4.78, 5) is 12.1. The van der Waals surface area contributed by atoms with Crippen molar-refractivity contribution >= 4 is 11.6 Å². The van der Waals surface area contributed by atoms with Gasteiger partial charge >= 0.3 is 0 Å². The van der Waals surface area contributed by atoms with Crippen molar-refractivity contribution in [2.45, 2.75) is 32.6 Å². The normalized spacial score (nSPS) is 12.1. The monoisotopic (exact) mass is 286 g/mol. The molecule has 1 aromatic heterocycles. The van der Waals surface area contributed by atoms with E-state index in [1.54, 1.807) is 0 Å². The first-order valence-electron chi connectivity index (χ1n) is 7.20. The van der Waals surface area contributed by atoms with E-state index >= 15 is 0 Å². The van der Waals surface area contributed by atoms with Crippen LogP contribution in [0, 0.1) is 6.92 Å². The number of aromatic nitrogens is 2. The Kier molecular flexibility index (Phi) is 4.98. The SMILES string of the molecule is Cc1[nH]ncc1CCCNC(=O)C(C)c1cccc(N)c1. The predicted octanol–water partition coefficient (Wildman–Crippen LogP) is 2.15. The fraction of sp³-hybridized carbons (Fsp3) is 0.375. The maximum Gasteiger partial charge on any atom is 0.227 e. The van der Waals surface area contributed by atoms with Crippen molar-refractivity contribution < 1.29 is 4.79 Å². The van der Waals surface area contributed by atoms with Gasteiger partial charge in [0.2, 0.25) is 5.91 Å². The summed E-state index contributed by atoms with van der Waals surface area (Å²) >= 11 is 0. The molecule has 1 unspecified atom stereocenters. The van der Waals surface area contributed by atoms with Crippen molar-refractivity contribution in [3.8, 4) is 0 Å².